The number of carbonyl (C=O) groups is 2. The Balaban J connectivity index is 1.64. The Labute approximate surface area is 173 Å². The molecule has 7 rings (SSSR count). The van der Waals surface area contributed by atoms with Crippen molar-refractivity contribution in [2.75, 3.05) is 4.90 Å². The molecule has 29 heavy (non-hydrogen) atoms. The molecule has 2 atom stereocenters. The first-order chi connectivity index (χ1) is 14.0. The van der Waals surface area contributed by atoms with Gasteiger partial charge in [0.1, 0.15) is 0 Å². The summed E-state index contributed by atoms with van der Waals surface area (Å²) in [7, 11) is 0. The number of anilines is 1. The zero-order chi connectivity index (χ0) is 19.9. The molecule has 0 N–H and O–H groups in total. The van der Waals surface area contributed by atoms with Crippen molar-refractivity contribution in [2.45, 2.75) is 18.3 Å². The molecule has 0 saturated carbocycles. The summed E-state index contributed by atoms with van der Waals surface area (Å²) in [6.45, 7) is 2.12. The van der Waals surface area contributed by atoms with Crippen LogP contribution in [0.3, 0.4) is 0 Å². The molecule has 0 spiro atoms. The standard InChI is InChI=1S/C25H18ClNO2/c1-25-16-10-4-2-8-14(16)20(15-9-3-5-11-17(15)25)21-22(25)24(29)27(23(21)28)19-13-7-6-12-18(19)26/h2-13,20-22H,1H3/t20?,21-,22+,25?/m1/s1. The molecular formula is C25H18ClNO2. The molecule has 1 fully saturated rings. The lowest BCUT2D eigenvalue weighted by Crippen LogP contribution is -2.51. The first-order valence-corrected chi connectivity index (χ1v) is 10.2. The van der Waals surface area contributed by atoms with E-state index in [2.05, 4.69) is 31.2 Å². The van der Waals surface area contributed by atoms with Gasteiger partial charge in [-0.25, -0.2) is 4.90 Å². The third-order valence-corrected chi connectivity index (χ3v) is 7.46. The lowest BCUT2D eigenvalue weighted by molar-refractivity contribution is -0.123. The van der Waals surface area contributed by atoms with Gasteiger partial charge in [0.2, 0.25) is 11.8 Å². The Kier molecular flexibility index (Phi) is 3.27. The second kappa shape index (κ2) is 5.58. The van der Waals surface area contributed by atoms with Gasteiger partial charge in [0.05, 0.1) is 22.5 Å². The van der Waals surface area contributed by atoms with Crippen molar-refractivity contribution >= 4 is 29.1 Å². The number of amides is 2. The van der Waals surface area contributed by atoms with E-state index in [9.17, 15) is 9.59 Å². The van der Waals surface area contributed by atoms with Crippen molar-refractivity contribution in [1.29, 1.82) is 0 Å². The van der Waals surface area contributed by atoms with Crippen molar-refractivity contribution in [3.05, 3.63) is 100 Å². The minimum absolute atomic E-state index is 0.113. The number of hydrogen-bond donors (Lipinski definition) is 0. The third-order valence-electron chi connectivity index (χ3n) is 7.14. The van der Waals surface area contributed by atoms with Crippen molar-refractivity contribution in [1.82, 2.24) is 0 Å². The fourth-order valence-corrected chi connectivity index (χ4v) is 6.24. The summed E-state index contributed by atoms with van der Waals surface area (Å²) in [4.78, 5) is 28.8. The SMILES string of the molecule is CC12c3ccccc3C(c3ccccc31)[C@H]1C(=O)N(c3ccccc3Cl)C(=O)[C@H]12. The van der Waals surface area contributed by atoms with E-state index in [-0.39, 0.29) is 17.7 Å². The number of hydrogen-bond acceptors (Lipinski definition) is 2. The lowest BCUT2D eigenvalue weighted by atomic mass is 9.48. The average Bonchev–Trinajstić information content (AvgIpc) is 3.01. The Morgan fingerprint density at radius 2 is 1.34 bits per heavy atom. The van der Waals surface area contributed by atoms with Crippen LogP contribution in [-0.2, 0) is 15.0 Å². The van der Waals surface area contributed by atoms with Crippen LogP contribution in [0.15, 0.2) is 72.8 Å². The van der Waals surface area contributed by atoms with Gasteiger partial charge in [0.25, 0.3) is 0 Å². The zero-order valence-corrected chi connectivity index (χ0v) is 16.6. The quantitative estimate of drug-likeness (QED) is 0.545. The summed E-state index contributed by atoms with van der Waals surface area (Å²) in [6, 6.07) is 23.6. The van der Waals surface area contributed by atoms with Crippen LogP contribution < -0.4 is 4.90 Å². The maximum Gasteiger partial charge on any atom is 0.239 e. The molecule has 2 amide bonds. The van der Waals surface area contributed by atoms with Crippen LogP contribution in [0, 0.1) is 11.8 Å². The summed E-state index contributed by atoms with van der Waals surface area (Å²) in [6.07, 6.45) is 0. The average molecular weight is 400 g/mol. The fourth-order valence-electron chi connectivity index (χ4n) is 6.02. The van der Waals surface area contributed by atoms with Crippen LogP contribution >= 0.6 is 11.6 Å². The Morgan fingerprint density at radius 1 is 0.793 bits per heavy atom. The first-order valence-electron chi connectivity index (χ1n) is 9.86. The number of carbonyl (C=O) groups excluding carboxylic acids is 2. The van der Waals surface area contributed by atoms with E-state index in [0.717, 1.165) is 22.3 Å². The van der Waals surface area contributed by atoms with Gasteiger partial charge in [-0.3, -0.25) is 9.59 Å². The van der Waals surface area contributed by atoms with Crippen LogP contribution in [0.5, 0.6) is 0 Å². The molecule has 1 aliphatic heterocycles. The van der Waals surface area contributed by atoms with Crippen LogP contribution in [-0.4, -0.2) is 11.8 Å². The zero-order valence-electron chi connectivity index (χ0n) is 15.8. The predicted molar refractivity (Wildman–Crippen MR) is 112 cm³/mol. The molecule has 3 aromatic rings. The highest BCUT2D eigenvalue weighted by atomic mass is 35.5. The molecular weight excluding hydrogens is 382 g/mol. The van der Waals surface area contributed by atoms with Gasteiger partial charge < -0.3 is 0 Å². The smallest absolute Gasteiger partial charge is 0.239 e. The molecule has 3 nitrogen and oxygen atoms in total. The highest BCUT2D eigenvalue weighted by Gasteiger charge is 2.66. The van der Waals surface area contributed by atoms with Crippen LogP contribution in [0.25, 0.3) is 0 Å². The lowest BCUT2D eigenvalue weighted by Gasteiger charge is -2.52. The van der Waals surface area contributed by atoms with Crippen LogP contribution in [0.4, 0.5) is 5.69 Å². The predicted octanol–water partition coefficient (Wildman–Crippen LogP) is 4.91. The highest BCUT2D eigenvalue weighted by Crippen LogP contribution is 2.64. The Hall–Kier alpha value is -2.91. The molecule has 3 aliphatic carbocycles. The Morgan fingerprint density at radius 3 is 1.97 bits per heavy atom. The van der Waals surface area contributed by atoms with Gasteiger partial charge >= 0.3 is 0 Å². The van der Waals surface area contributed by atoms with Gasteiger partial charge in [-0.05, 0) is 34.4 Å². The summed E-state index contributed by atoms with van der Waals surface area (Å²) in [5.74, 6) is -1.24. The summed E-state index contributed by atoms with van der Waals surface area (Å²) >= 11 is 6.39. The van der Waals surface area contributed by atoms with Gasteiger partial charge in [-0.2, -0.15) is 0 Å². The van der Waals surface area contributed by atoms with E-state index < -0.39 is 17.3 Å². The van der Waals surface area contributed by atoms with Crippen molar-refractivity contribution in [3.8, 4) is 0 Å². The molecule has 142 valence electrons. The minimum Gasteiger partial charge on any atom is -0.274 e. The third kappa shape index (κ3) is 1.89. The number of nitrogens with zero attached hydrogens (tertiary/aromatic N) is 1. The maximum absolute atomic E-state index is 13.8. The van der Waals surface area contributed by atoms with Crippen LogP contribution in [0.1, 0.15) is 35.1 Å². The molecule has 4 aliphatic rings. The molecule has 3 aromatic carbocycles. The normalized spacial score (nSPS) is 28.9. The molecule has 1 heterocycles. The largest absolute Gasteiger partial charge is 0.274 e. The van der Waals surface area contributed by atoms with Crippen molar-refractivity contribution in [3.63, 3.8) is 0 Å². The minimum atomic E-state index is -0.546. The van der Waals surface area contributed by atoms with E-state index in [1.165, 1.54) is 4.90 Å². The summed E-state index contributed by atoms with van der Waals surface area (Å²) < 4.78 is 0. The van der Waals surface area contributed by atoms with Crippen molar-refractivity contribution in [2.24, 2.45) is 11.8 Å². The Bertz CT molecular complexity index is 1170. The molecule has 4 heteroatoms. The highest BCUT2D eigenvalue weighted by molar-refractivity contribution is 6.36. The number of para-hydroxylation sites is 1. The number of halogens is 1. The monoisotopic (exact) mass is 399 g/mol. The van der Waals surface area contributed by atoms with Gasteiger partial charge in [-0.15, -0.1) is 0 Å². The number of imide groups is 1. The molecule has 1 saturated heterocycles. The van der Waals surface area contributed by atoms with Crippen LogP contribution in [0.2, 0.25) is 5.02 Å². The summed E-state index contributed by atoms with van der Waals surface area (Å²) in [5.41, 5.74) is 4.58. The summed E-state index contributed by atoms with van der Waals surface area (Å²) in [5, 5.41) is 0.417. The van der Waals surface area contributed by atoms with E-state index in [1.54, 1.807) is 18.2 Å². The van der Waals surface area contributed by atoms with Gasteiger partial charge in [0.15, 0.2) is 0 Å². The molecule has 0 radical (unpaired) electrons. The number of rotatable bonds is 1. The molecule has 0 unspecified atom stereocenters. The maximum atomic E-state index is 13.8. The second-order valence-electron chi connectivity index (χ2n) is 8.32. The van der Waals surface area contributed by atoms with Gasteiger partial charge in [-0.1, -0.05) is 79.2 Å². The van der Waals surface area contributed by atoms with E-state index in [4.69, 9.17) is 11.6 Å². The second-order valence-corrected chi connectivity index (χ2v) is 8.73. The first kappa shape index (κ1) is 17.0. The topological polar surface area (TPSA) is 37.4 Å². The van der Waals surface area contributed by atoms with Crippen molar-refractivity contribution < 1.29 is 9.59 Å². The molecule has 0 aromatic heterocycles. The molecule has 2 bridgehead atoms. The van der Waals surface area contributed by atoms with Gasteiger partial charge in [0, 0.05) is 11.3 Å². The van der Waals surface area contributed by atoms with E-state index in [0.29, 0.717) is 10.7 Å². The number of benzene rings is 3. The van der Waals surface area contributed by atoms with E-state index in [1.807, 2.05) is 30.3 Å². The van der Waals surface area contributed by atoms with E-state index >= 15 is 0 Å². The fraction of sp³-hybridized carbons (Fsp3) is 0.200.